The van der Waals surface area contributed by atoms with E-state index in [9.17, 15) is 4.79 Å². The van der Waals surface area contributed by atoms with Crippen LogP contribution in [0.1, 0.15) is 6.92 Å². The van der Waals surface area contributed by atoms with E-state index >= 15 is 0 Å². The van der Waals surface area contributed by atoms with E-state index in [1.165, 1.54) is 6.08 Å². The molecule has 0 bridgehead atoms. The number of hydrogen-bond donors (Lipinski definition) is 1. The number of rotatable bonds is 2. The summed E-state index contributed by atoms with van der Waals surface area (Å²) in [5.41, 5.74) is 0. The predicted octanol–water partition coefficient (Wildman–Crippen LogP) is 1.20. The summed E-state index contributed by atoms with van der Waals surface area (Å²) in [5.74, 6) is -0.914. The van der Waals surface area contributed by atoms with E-state index in [4.69, 9.17) is 5.11 Å². The van der Waals surface area contributed by atoms with Crippen LogP contribution in [0.2, 0.25) is 0 Å². The minimum atomic E-state index is -0.914. The molecule has 0 aliphatic carbocycles. The standard InChI is InChI=1S/C6H8O2/c1-2-3-4-5-6(7)8/h2-5H,1H3,(H,7,8)/b3-2-,5-4?. The van der Waals surface area contributed by atoms with Gasteiger partial charge in [-0.3, -0.25) is 0 Å². The van der Waals surface area contributed by atoms with Crippen molar-refractivity contribution in [1.29, 1.82) is 0 Å². The highest BCUT2D eigenvalue weighted by Crippen LogP contribution is 1.74. The fraction of sp³-hybridized carbons (Fsp3) is 0.167. The van der Waals surface area contributed by atoms with E-state index in [-0.39, 0.29) is 0 Å². The van der Waals surface area contributed by atoms with E-state index in [0.717, 1.165) is 6.08 Å². The van der Waals surface area contributed by atoms with Gasteiger partial charge in [0, 0.05) is 6.08 Å². The first kappa shape index (κ1) is 6.95. The van der Waals surface area contributed by atoms with Crippen LogP contribution in [-0.2, 0) is 4.79 Å². The van der Waals surface area contributed by atoms with Gasteiger partial charge < -0.3 is 5.11 Å². The van der Waals surface area contributed by atoms with E-state index in [1.54, 1.807) is 12.2 Å². The van der Waals surface area contributed by atoms with Crippen molar-refractivity contribution in [2.45, 2.75) is 6.92 Å². The Labute approximate surface area is 48.1 Å². The third kappa shape index (κ3) is 4.95. The number of aliphatic carboxylic acids is 1. The molecule has 0 aliphatic heterocycles. The van der Waals surface area contributed by atoms with Crippen molar-refractivity contribution in [3.8, 4) is 0 Å². The van der Waals surface area contributed by atoms with Crippen molar-refractivity contribution in [1.82, 2.24) is 0 Å². The van der Waals surface area contributed by atoms with Gasteiger partial charge in [0.2, 0.25) is 0 Å². The van der Waals surface area contributed by atoms with E-state index < -0.39 is 5.97 Å². The van der Waals surface area contributed by atoms with Crippen molar-refractivity contribution in [2.24, 2.45) is 0 Å². The summed E-state index contributed by atoms with van der Waals surface area (Å²) in [4.78, 5) is 9.75. The van der Waals surface area contributed by atoms with Crippen molar-refractivity contribution < 1.29 is 9.90 Å². The lowest BCUT2D eigenvalue weighted by Gasteiger charge is -1.72. The summed E-state index contributed by atoms with van der Waals surface area (Å²) in [7, 11) is 0. The Morgan fingerprint density at radius 1 is 1.50 bits per heavy atom. The Bertz CT molecular complexity index is 122. The summed E-state index contributed by atoms with van der Waals surface area (Å²) >= 11 is 0. The molecule has 2 nitrogen and oxygen atoms in total. The zero-order chi connectivity index (χ0) is 6.41. The largest absolute Gasteiger partial charge is 0.478 e. The van der Waals surface area contributed by atoms with Gasteiger partial charge >= 0.3 is 5.97 Å². The van der Waals surface area contributed by atoms with Gasteiger partial charge in [-0.1, -0.05) is 18.2 Å². The number of hydrogen-bond acceptors (Lipinski definition) is 1. The van der Waals surface area contributed by atoms with Crippen molar-refractivity contribution in [3.63, 3.8) is 0 Å². The van der Waals surface area contributed by atoms with Crippen LogP contribution < -0.4 is 0 Å². The Balaban J connectivity index is 3.50. The number of carbonyl (C=O) groups is 1. The number of allylic oxidation sites excluding steroid dienone is 3. The third-order valence-electron chi connectivity index (χ3n) is 0.542. The molecule has 8 heavy (non-hydrogen) atoms. The summed E-state index contributed by atoms with van der Waals surface area (Å²) in [6.45, 7) is 1.83. The molecule has 0 aliphatic rings. The fourth-order valence-electron chi connectivity index (χ4n) is 0.249. The average Bonchev–Trinajstić information content (AvgIpc) is 1.66. The summed E-state index contributed by atoms with van der Waals surface area (Å²) in [6.07, 6.45) is 5.98. The van der Waals surface area contributed by atoms with Gasteiger partial charge in [0.1, 0.15) is 0 Å². The Morgan fingerprint density at radius 3 is 2.50 bits per heavy atom. The van der Waals surface area contributed by atoms with Crippen LogP contribution in [0, 0.1) is 0 Å². The molecular weight excluding hydrogens is 104 g/mol. The Hall–Kier alpha value is -1.05. The first-order valence-corrected chi connectivity index (χ1v) is 2.29. The van der Waals surface area contributed by atoms with Crippen LogP contribution in [0.15, 0.2) is 24.3 Å². The van der Waals surface area contributed by atoms with E-state index in [2.05, 4.69) is 0 Å². The van der Waals surface area contributed by atoms with E-state index in [1.807, 2.05) is 6.92 Å². The van der Waals surface area contributed by atoms with Crippen molar-refractivity contribution >= 4 is 5.97 Å². The average molecular weight is 112 g/mol. The monoisotopic (exact) mass is 112 g/mol. The smallest absolute Gasteiger partial charge is 0.328 e. The molecule has 0 aromatic carbocycles. The SMILES string of the molecule is C/C=C\C=CC(=O)O. The highest BCUT2D eigenvalue weighted by molar-refractivity contribution is 5.80. The molecule has 1 N–H and O–H groups in total. The summed E-state index contributed by atoms with van der Waals surface area (Å²) < 4.78 is 0. The Morgan fingerprint density at radius 2 is 2.12 bits per heavy atom. The number of carboxylic acid groups (broad SMARTS) is 1. The van der Waals surface area contributed by atoms with Gasteiger partial charge in [0.05, 0.1) is 0 Å². The second-order valence-electron chi connectivity index (χ2n) is 1.22. The maximum absolute atomic E-state index is 9.75. The van der Waals surface area contributed by atoms with Crippen LogP contribution in [0.3, 0.4) is 0 Å². The molecule has 0 aromatic heterocycles. The fourth-order valence-corrected chi connectivity index (χ4v) is 0.249. The molecule has 0 aromatic rings. The highest BCUT2D eigenvalue weighted by atomic mass is 16.4. The van der Waals surface area contributed by atoms with Gasteiger partial charge in [-0.05, 0) is 6.92 Å². The second-order valence-corrected chi connectivity index (χ2v) is 1.22. The molecule has 0 radical (unpaired) electrons. The molecule has 0 rings (SSSR count). The summed E-state index contributed by atoms with van der Waals surface area (Å²) in [6, 6.07) is 0. The molecule has 0 atom stereocenters. The topological polar surface area (TPSA) is 37.3 Å². The minimum Gasteiger partial charge on any atom is -0.478 e. The molecule has 44 valence electrons. The van der Waals surface area contributed by atoms with Gasteiger partial charge in [0.15, 0.2) is 0 Å². The van der Waals surface area contributed by atoms with Crippen molar-refractivity contribution in [2.75, 3.05) is 0 Å². The first-order chi connectivity index (χ1) is 3.77. The zero-order valence-corrected chi connectivity index (χ0v) is 4.66. The van der Waals surface area contributed by atoms with Crippen LogP contribution >= 0.6 is 0 Å². The molecule has 0 unspecified atom stereocenters. The van der Waals surface area contributed by atoms with Crippen LogP contribution in [0.5, 0.6) is 0 Å². The molecule has 0 saturated carbocycles. The minimum absolute atomic E-state index is 0.914. The Kier molecular flexibility index (Phi) is 3.58. The lowest BCUT2D eigenvalue weighted by Crippen LogP contribution is -1.83. The second kappa shape index (κ2) is 4.12. The maximum atomic E-state index is 9.75. The van der Waals surface area contributed by atoms with Gasteiger partial charge in [0.25, 0.3) is 0 Å². The molecule has 0 heterocycles. The first-order valence-electron chi connectivity index (χ1n) is 2.29. The number of carboxylic acids is 1. The molecule has 0 spiro atoms. The van der Waals surface area contributed by atoms with Crippen LogP contribution in [0.4, 0.5) is 0 Å². The lowest BCUT2D eigenvalue weighted by molar-refractivity contribution is -0.131. The quantitative estimate of drug-likeness (QED) is 0.430. The van der Waals surface area contributed by atoms with Crippen LogP contribution in [0.25, 0.3) is 0 Å². The highest BCUT2D eigenvalue weighted by Gasteiger charge is 1.78. The molecule has 0 amide bonds. The van der Waals surface area contributed by atoms with Gasteiger partial charge in [-0.25, -0.2) is 4.79 Å². The maximum Gasteiger partial charge on any atom is 0.328 e. The van der Waals surface area contributed by atoms with Crippen molar-refractivity contribution in [3.05, 3.63) is 24.3 Å². The predicted molar refractivity (Wildman–Crippen MR) is 31.6 cm³/mol. The molecule has 0 fully saturated rings. The van der Waals surface area contributed by atoms with Gasteiger partial charge in [-0.2, -0.15) is 0 Å². The lowest BCUT2D eigenvalue weighted by atomic mass is 10.4. The normalized spacial score (nSPS) is 11.1. The van der Waals surface area contributed by atoms with Gasteiger partial charge in [-0.15, -0.1) is 0 Å². The third-order valence-corrected chi connectivity index (χ3v) is 0.542. The zero-order valence-electron chi connectivity index (χ0n) is 4.66. The van der Waals surface area contributed by atoms with E-state index in [0.29, 0.717) is 0 Å². The molecular formula is C6H8O2. The summed E-state index contributed by atoms with van der Waals surface area (Å²) in [5, 5.41) is 8.02. The molecule has 2 heteroatoms. The van der Waals surface area contributed by atoms with Crippen LogP contribution in [-0.4, -0.2) is 11.1 Å². The molecule has 0 saturated heterocycles.